The van der Waals surface area contributed by atoms with Gasteiger partial charge in [-0.2, -0.15) is 0 Å². The molecule has 4 fully saturated rings. The molecule has 4 aliphatic rings. The zero-order chi connectivity index (χ0) is 27.7. The first kappa shape index (κ1) is 29.4. The van der Waals surface area contributed by atoms with Crippen molar-refractivity contribution < 1.29 is 29.0 Å². The molecule has 11 atom stereocenters. The van der Waals surface area contributed by atoms with Gasteiger partial charge < -0.3 is 19.9 Å². The number of carbonyl (C=O) groups excluding carboxylic acids is 3. The van der Waals surface area contributed by atoms with Crippen LogP contribution in [0, 0.1) is 52.3 Å². The van der Waals surface area contributed by atoms with E-state index in [1.807, 2.05) is 13.8 Å². The van der Waals surface area contributed by atoms with Crippen LogP contribution in [0.1, 0.15) is 98.8 Å². The lowest BCUT2D eigenvalue weighted by Crippen LogP contribution is -2.59. The normalized spacial score (nSPS) is 41.7. The SMILES string of the molecule is CC(C)C(CO)NC(=O)CCC(C)C1CCC2C3C(OC=O)CC4CC(OC=O)CCC4(C)C3CCC12C. The average Bonchev–Trinajstić information content (AvgIpc) is 3.24. The minimum absolute atomic E-state index is 0.0185. The molecule has 0 spiro atoms. The third-order valence-electron chi connectivity index (χ3n) is 12.0. The zero-order valence-electron chi connectivity index (χ0n) is 24.2. The number of carbonyl (C=O) groups is 3. The molecule has 0 aromatic carbocycles. The van der Waals surface area contributed by atoms with Gasteiger partial charge in [-0.3, -0.25) is 14.4 Å². The summed E-state index contributed by atoms with van der Waals surface area (Å²) >= 11 is 0. The van der Waals surface area contributed by atoms with Crippen molar-refractivity contribution in [3.05, 3.63) is 0 Å². The van der Waals surface area contributed by atoms with Crippen LogP contribution in [0.5, 0.6) is 0 Å². The molecule has 0 aromatic heterocycles. The minimum atomic E-state index is -0.187. The Bertz CT molecular complexity index is 848. The van der Waals surface area contributed by atoms with Crippen LogP contribution in [0.4, 0.5) is 0 Å². The highest BCUT2D eigenvalue weighted by atomic mass is 16.5. The second-order valence-electron chi connectivity index (χ2n) is 14.0. The lowest BCUT2D eigenvalue weighted by atomic mass is 9.43. The van der Waals surface area contributed by atoms with Gasteiger partial charge in [-0.25, -0.2) is 0 Å². The number of fused-ring (bicyclic) bond motifs is 5. The number of aliphatic hydroxyl groups excluding tert-OH is 1. The Labute approximate surface area is 229 Å². The lowest BCUT2D eigenvalue weighted by Gasteiger charge is -2.62. The van der Waals surface area contributed by atoms with Crippen molar-refractivity contribution in [3.8, 4) is 0 Å². The van der Waals surface area contributed by atoms with Crippen LogP contribution in [0.2, 0.25) is 0 Å². The van der Waals surface area contributed by atoms with Gasteiger partial charge >= 0.3 is 0 Å². The van der Waals surface area contributed by atoms with Crippen LogP contribution in [0.25, 0.3) is 0 Å². The van der Waals surface area contributed by atoms with E-state index >= 15 is 0 Å². The molecule has 11 unspecified atom stereocenters. The number of hydrogen-bond acceptors (Lipinski definition) is 6. The standard InChI is InChI=1S/C31H51NO6/c1-19(2)26(16-33)32-28(36)9-6-20(3)23-7-8-24-29-25(11-13-31(23,24)5)30(4)12-10-22(37-17-34)14-21(30)15-27(29)38-18-35/h17-27,29,33H,6-16H2,1-5H3,(H,32,36). The lowest BCUT2D eigenvalue weighted by molar-refractivity contribution is -0.190. The molecule has 7 nitrogen and oxygen atoms in total. The number of nitrogens with one attached hydrogen (secondary N) is 1. The molecule has 0 heterocycles. The van der Waals surface area contributed by atoms with Gasteiger partial charge in [0, 0.05) is 12.3 Å². The molecule has 2 N–H and O–H groups in total. The molecule has 0 aliphatic heterocycles. The van der Waals surface area contributed by atoms with Gasteiger partial charge in [0.15, 0.2) is 0 Å². The van der Waals surface area contributed by atoms with Gasteiger partial charge in [0.25, 0.3) is 12.9 Å². The van der Waals surface area contributed by atoms with Crippen LogP contribution < -0.4 is 5.32 Å². The summed E-state index contributed by atoms with van der Waals surface area (Å²) in [6, 6.07) is -0.187. The van der Waals surface area contributed by atoms with Crippen molar-refractivity contribution in [3.63, 3.8) is 0 Å². The molecule has 0 aromatic rings. The quantitative estimate of drug-likeness (QED) is 0.367. The minimum Gasteiger partial charge on any atom is -0.465 e. The Hall–Kier alpha value is -1.63. The highest BCUT2D eigenvalue weighted by Gasteiger charge is 2.63. The molecule has 38 heavy (non-hydrogen) atoms. The predicted molar refractivity (Wildman–Crippen MR) is 145 cm³/mol. The Morgan fingerprint density at radius 2 is 1.66 bits per heavy atom. The number of aliphatic hydroxyl groups is 1. The molecule has 0 saturated heterocycles. The summed E-state index contributed by atoms with van der Waals surface area (Å²) in [6.07, 6.45) is 9.65. The first-order valence-electron chi connectivity index (χ1n) is 15.2. The van der Waals surface area contributed by atoms with E-state index in [1.54, 1.807) is 0 Å². The van der Waals surface area contributed by atoms with Crippen LogP contribution in [0.15, 0.2) is 0 Å². The number of amides is 1. The van der Waals surface area contributed by atoms with E-state index in [9.17, 15) is 19.5 Å². The molecule has 216 valence electrons. The Kier molecular flexibility index (Phi) is 9.16. The maximum atomic E-state index is 12.6. The average molecular weight is 534 g/mol. The van der Waals surface area contributed by atoms with Gasteiger partial charge in [0.1, 0.15) is 12.2 Å². The maximum absolute atomic E-state index is 12.6. The van der Waals surface area contributed by atoms with E-state index in [2.05, 4.69) is 26.1 Å². The molecular weight excluding hydrogens is 482 g/mol. The fourth-order valence-electron chi connectivity index (χ4n) is 9.81. The van der Waals surface area contributed by atoms with Crippen LogP contribution in [-0.4, -0.2) is 48.8 Å². The van der Waals surface area contributed by atoms with Gasteiger partial charge in [-0.05, 0) is 104 Å². The highest BCUT2D eigenvalue weighted by molar-refractivity contribution is 5.76. The Morgan fingerprint density at radius 1 is 0.974 bits per heavy atom. The summed E-state index contributed by atoms with van der Waals surface area (Å²) in [5.41, 5.74) is 0.382. The van der Waals surface area contributed by atoms with Gasteiger partial charge in [0.2, 0.25) is 5.91 Å². The summed E-state index contributed by atoms with van der Waals surface area (Å²) in [7, 11) is 0. The maximum Gasteiger partial charge on any atom is 0.293 e. The first-order chi connectivity index (χ1) is 18.1. The van der Waals surface area contributed by atoms with Gasteiger partial charge in [0.05, 0.1) is 12.6 Å². The number of ether oxygens (including phenoxy) is 2. The van der Waals surface area contributed by atoms with Crippen molar-refractivity contribution in [1.82, 2.24) is 5.32 Å². The number of rotatable bonds is 11. The van der Waals surface area contributed by atoms with Crippen LogP contribution >= 0.6 is 0 Å². The van der Waals surface area contributed by atoms with Crippen molar-refractivity contribution in [1.29, 1.82) is 0 Å². The van der Waals surface area contributed by atoms with E-state index in [-0.39, 0.29) is 47.5 Å². The Balaban J connectivity index is 1.46. The summed E-state index contributed by atoms with van der Waals surface area (Å²) in [6.45, 7) is 12.5. The summed E-state index contributed by atoms with van der Waals surface area (Å²) in [4.78, 5) is 35.3. The largest absolute Gasteiger partial charge is 0.465 e. The van der Waals surface area contributed by atoms with E-state index in [4.69, 9.17) is 9.47 Å². The molecule has 4 aliphatic carbocycles. The van der Waals surface area contributed by atoms with Crippen molar-refractivity contribution in [2.75, 3.05) is 6.61 Å². The van der Waals surface area contributed by atoms with E-state index < -0.39 is 0 Å². The summed E-state index contributed by atoms with van der Waals surface area (Å²) < 4.78 is 11.3. The Morgan fingerprint density at radius 3 is 2.32 bits per heavy atom. The molecular formula is C31H51NO6. The smallest absolute Gasteiger partial charge is 0.293 e. The first-order valence-corrected chi connectivity index (χ1v) is 15.2. The summed E-state index contributed by atoms with van der Waals surface area (Å²) in [5.74, 6) is 3.05. The fraction of sp³-hybridized carbons (Fsp3) is 0.903. The molecule has 7 heteroatoms. The van der Waals surface area contributed by atoms with Gasteiger partial charge in [-0.1, -0.05) is 34.6 Å². The highest BCUT2D eigenvalue weighted by Crippen LogP contribution is 2.68. The van der Waals surface area contributed by atoms with Crippen molar-refractivity contribution in [2.24, 2.45) is 52.3 Å². The van der Waals surface area contributed by atoms with Crippen LogP contribution in [-0.2, 0) is 23.9 Å². The monoisotopic (exact) mass is 533 g/mol. The molecule has 4 rings (SSSR count). The second kappa shape index (κ2) is 11.9. The predicted octanol–water partition coefficient (Wildman–Crippen LogP) is 4.89. The third kappa shape index (κ3) is 5.38. The van der Waals surface area contributed by atoms with Crippen molar-refractivity contribution in [2.45, 2.75) is 117 Å². The molecule has 4 saturated carbocycles. The van der Waals surface area contributed by atoms with E-state index in [0.717, 1.165) is 44.9 Å². The molecule has 0 radical (unpaired) electrons. The molecule has 0 bridgehead atoms. The zero-order valence-corrected chi connectivity index (χ0v) is 24.2. The molecule has 1 amide bonds. The van der Waals surface area contributed by atoms with E-state index in [1.165, 1.54) is 12.8 Å². The topological polar surface area (TPSA) is 102 Å². The second-order valence-corrected chi connectivity index (χ2v) is 14.0. The number of hydrogen-bond donors (Lipinski definition) is 2. The summed E-state index contributed by atoms with van der Waals surface area (Å²) in [5, 5.41) is 12.6. The fourth-order valence-corrected chi connectivity index (χ4v) is 9.81. The van der Waals surface area contributed by atoms with Crippen molar-refractivity contribution >= 4 is 18.9 Å². The van der Waals surface area contributed by atoms with E-state index in [0.29, 0.717) is 54.9 Å². The van der Waals surface area contributed by atoms with Crippen LogP contribution in [0.3, 0.4) is 0 Å². The van der Waals surface area contributed by atoms with Gasteiger partial charge in [-0.15, -0.1) is 0 Å². The third-order valence-corrected chi connectivity index (χ3v) is 12.0.